The number of halogens is 1. The van der Waals surface area contributed by atoms with Gasteiger partial charge in [0.15, 0.2) is 0 Å². The van der Waals surface area contributed by atoms with Crippen molar-refractivity contribution in [1.82, 2.24) is 0 Å². The molecule has 0 aliphatic rings. The quantitative estimate of drug-likeness (QED) is 0.788. The van der Waals surface area contributed by atoms with Crippen LogP contribution in [0.4, 0.5) is 5.69 Å². The van der Waals surface area contributed by atoms with Gasteiger partial charge in [-0.1, -0.05) is 15.9 Å². The minimum Gasteiger partial charge on any atom is -0.481 e. The number of hydrogen-bond acceptors (Lipinski definition) is 2. The van der Waals surface area contributed by atoms with E-state index in [0.717, 1.165) is 29.5 Å². The fourth-order valence-electron chi connectivity index (χ4n) is 1.39. The molecule has 0 unspecified atom stereocenters. The molecule has 0 aliphatic carbocycles. The van der Waals surface area contributed by atoms with E-state index in [9.17, 15) is 4.79 Å². The van der Waals surface area contributed by atoms with Crippen LogP contribution in [0, 0.1) is 6.92 Å². The molecule has 0 fully saturated rings. The molecule has 16 heavy (non-hydrogen) atoms. The standard InChI is InChI=1S/C12H16BrNO2/c1-9-8-10(5-6-11(9)13)14-7-3-2-4-12(15)16/h5-6,8,14H,2-4,7H2,1H3,(H,15,16). The van der Waals surface area contributed by atoms with Gasteiger partial charge in [0.05, 0.1) is 0 Å². The van der Waals surface area contributed by atoms with Crippen LogP contribution in [-0.4, -0.2) is 17.6 Å². The zero-order chi connectivity index (χ0) is 12.0. The van der Waals surface area contributed by atoms with Crippen LogP contribution in [0.5, 0.6) is 0 Å². The first-order valence-electron chi connectivity index (χ1n) is 5.31. The Morgan fingerprint density at radius 1 is 1.44 bits per heavy atom. The molecule has 1 rings (SSSR count). The average Bonchev–Trinajstić information content (AvgIpc) is 2.22. The minimum atomic E-state index is -0.723. The Hall–Kier alpha value is -1.03. The predicted molar refractivity (Wildman–Crippen MR) is 68.9 cm³/mol. The maximum absolute atomic E-state index is 10.3. The van der Waals surface area contributed by atoms with E-state index in [4.69, 9.17) is 5.11 Å². The lowest BCUT2D eigenvalue weighted by Crippen LogP contribution is -2.03. The third kappa shape index (κ3) is 4.66. The second-order valence-electron chi connectivity index (χ2n) is 3.74. The summed E-state index contributed by atoms with van der Waals surface area (Å²) in [5.41, 5.74) is 2.27. The van der Waals surface area contributed by atoms with Crippen molar-refractivity contribution in [3.8, 4) is 0 Å². The molecule has 88 valence electrons. The summed E-state index contributed by atoms with van der Waals surface area (Å²) in [6, 6.07) is 6.09. The van der Waals surface area contributed by atoms with E-state index < -0.39 is 5.97 Å². The minimum absolute atomic E-state index is 0.251. The summed E-state index contributed by atoms with van der Waals surface area (Å²) in [7, 11) is 0. The second-order valence-corrected chi connectivity index (χ2v) is 4.60. The number of carboxylic acids is 1. The van der Waals surface area contributed by atoms with Crippen LogP contribution in [0.15, 0.2) is 22.7 Å². The van der Waals surface area contributed by atoms with Crippen molar-refractivity contribution in [2.75, 3.05) is 11.9 Å². The lowest BCUT2D eigenvalue weighted by Gasteiger charge is -2.07. The van der Waals surface area contributed by atoms with E-state index >= 15 is 0 Å². The van der Waals surface area contributed by atoms with E-state index in [1.807, 2.05) is 19.1 Å². The van der Waals surface area contributed by atoms with E-state index in [2.05, 4.69) is 27.3 Å². The van der Waals surface area contributed by atoms with Crippen molar-refractivity contribution in [1.29, 1.82) is 0 Å². The smallest absolute Gasteiger partial charge is 0.303 e. The van der Waals surface area contributed by atoms with Gasteiger partial charge in [-0.25, -0.2) is 0 Å². The Morgan fingerprint density at radius 3 is 2.81 bits per heavy atom. The van der Waals surface area contributed by atoms with Gasteiger partial charge in [0.2, 0.25) is 0 Å². The maximum Gasteiger partial charge on any atom is 0.303 e. The van der Waals surface area contributed by atoms with Crippen molar-refractivity contribution in [3.63, 3.8) is 0 Å². The fourth-order valence-corrected chi connectivity index (χ4v) is 1.64. The largest absolute Gasteiger partial charge is 0.481 e. The van der Waals surface area contributed by atoms with Gasteiger partial charge in [-0.15, -0.1) is 0 Å². The molecular weight excluding hydrogens is 270 g/mol. The number of carboxylic acid groups (broad SMARTS) is 1. The summed E-state index contributed by atoms with van der Waals surface area (Å²) in [4.78, 5) is 10.3. The summed E-state index contributed by atoms with van der Waals surface area (Å²) >= 11 is 3.45. The van der Waals surface area contributed by atoms with Crippen molar-refractivity contribution >= 4 is 27.6 Å². The SMILES string of the molecule is Cc1cc(NCCCCC(=O)O)ccc1Br. The highest BCUT2D eigenvalue weighted by Crippen LogP contribution is 2.19. The Morgan fingerprint density at radius 2 is 2.19 bits per heavy atom. The molecule has 0 aromatic heterocycles. The molecule has 0 radical (unpaired) electrons. The number of hydrogen-bond donors (Lipinski definition) is 2. The van der Waals surface area contributed by atoms with Crippen LogP contribution >= 0.6 is 15.9 Å². The third-order valence-corrected chi connectivity index (χ3v) is 3.19. The zero-order valence-electron chi connectivity index (χ0n) is 9.29. The van der Waals surface area contributed by atoms with E-state index in [1.54, 1.807) is 0 Å². The highest BCUT2D eigenvalue weighted by molar-refractivity contribution is 9.10. The number of aliphatic carboxylic acids is 1. The van der Waals surface area contributed by atoms with Crippen LogP contribution in [0.25, 0.3) is 0 Å². The van der Waals surface area contributed by atoms with Gasteiger partial charge >= 0.3 is 5.97 Å². The van der Waals surface area contributed by atoms with Crippen LogP contribution in [-0.2, 0) is 4.79 Å². The number of rotatable bonds is 6. The van der Waals surface area contributed by atoms with Gasteiger partial charge in [-0.05, 0) is 43.5 Å². The van der Waals surface area contributed by atoms with E-state index in [0.29, 0.717) is 0 Å². The Balaban J connectivity index is 2.27. The fraction of sp³-hybridized carbons (Fsp3) is 0.417. The first-order valence-corrected chi connectivity index (χ1v) is 6.10. The van der Waals surface area contributed by atoms with Crippen molar-refractivity contribution in [3.05, 3.63) is 28.2 Å². The lowest BCUT2D eigenvalue weighted by molar-refractivity contribution is -0.137. The summed E-state index contributed by atoms with van der Waals surface area (Å²) in [5.74, 6) is -0.723. The van der Waals surface area contributed by atoms with Crippen LogP contribution in [0.1, 0.15) is 24.8 Å². The predicted octanol–water partition coefficient (Wildman–Crippen LogP) is 3.42. The summed E-state index contributed by atoms with van der Waals surface area (Å²) in [6.45, 7) is 2.86. The second kappa shape index (κ2) is 6.53. The van der Waals surface area contributed by atoms with Crippen LogP contribution in [0.2, 0.25) is 0 Å². The van der Waals surface area contributed by atoms with Gasteiger partial charge in [-0.3, -0.25) is 4.79 Å². The first-order chi connectivity index (χ1) is 7.59. The van der Waals surface area contributed by atoms with Crippen LogP contribution in [0.3, 0.4) is 0 Å². The van der Waals surface area contributed by atoms with Crippen LogP contribution < -0.4 is 5.32 Å². The Kier molecular flexibility index (Phi) is 5.32. The summed E-state index contributed by atoms with van der Waals surface area (Å²) in [5, 5.41) is 11.7. The van der Waals surface area contributed by atoms with Gasteiger partial charge in [0.25, 0.3) is 0 Å². The molecule has 0 heterocycles. The number of benzene rings is 1. The number of aryl methyl sites for hydroxylation is 1. The average molecular weight is 286 g/mol. The molecule has 1 aromatic rings. The molecule has 1 aromatic carbocycles. The van der Waals surface area contributed by atoms with Crippen molar-refractivity contribution in [2.45, 2.75) is 26.2 Å². The number of carbonyl (C=O) groups is 1. The molecule has 2 N–H and O–H groups in total. The summed E-state index contributed by atoms with van der Waals surface area (Å²) < 4.78 is 1.10. The molecule has 0 saturated carbocycles. The molecule has 0 saturated heterocycles. The van der Waals surface area contributed by atoms with Gasteiger partial charge in [-0.2, -0.15) is 0 Å². The molecule has 0 amide bonds. The number of unbranched alkanes of at least 4 members (excludes halogenated alkanes) is 1. The molecule has 0 aliphatic heterocycles. The zero-order valence-corrected chi connectivity index (χ0v) is 10.9. The van der Waals surface area contributed by atoms with E-state index in [-0.39, 0.29) is 6.42 Å². The Labute approximate surface area is 104 Å². The first kappa shape index (κ1) is 13.0. The van der Waals surface area contributed by atoms with Gasteiger partial charge < -0.3 is 10.4 Å². The number of anilines is 1. The molecule has 0 atom stereocenters. The van der Waals surface area contributed by atoms with Gasteiger partial charge in [0, 0.05) is 23.1 Å². The topological polar surface area (TPSA) is 49.3 Å². The Bertz CT molecular complexity index is 366. The van der Waals surface area contributed by atoms with Crippen molar-refractivity contribution < 1.29 is 9.90 Å². The summed E-state index contributed by atoms with van der Waals surface area (Å²) in [6.07, 6.45) is 1.85. The molecular formula is C12H16BrNO2. The third-order valence-electron chi connectivity index (χ3n) is 2.30. The molecule has 0 spiro atoms. The monoisotopic (exact) mass is 285 g/mol. The molecule has 3 nitrogen and oxygen atoms in total. The molecule has 0 bridgehead atoms. The lowest BCUT2D eigenvalue weighted by atomic mass is 10.2. The van der Waals surface area contributed by atoms with Crippen molar-refractivity contribution in [2.24, 2.45) is 0 Å². The highest BCUT2D eigenvalue weighted by atomic mass is 79.9. The van der Waals surface area contributed by atoms with Gasteiger partial charge in [0.1, 0.15) is 0 Å². The maximum atomic E-state index is 10.3. The molecule has 4 heteroatoms. The normalized spacial score (nSPS) is 10.1. The number of nitrogens with one attached hydrogen (secondary N) is 1. The highest BCUT2D eigenvalue weighted by Gasteiger charge is 1.98. The van der Waals surface area contributed by atoms with E-state index in [1.165, 1.54) is 5.56 Å².